The molecular weight excluding hydrogens is 320 g/mol. The van der Waals surface area contributed by atoms with E-state index >= 15 is 0 Å². The normalized spacial score (nSPS) is 10.8. The molecule has 0 saturated heterocycles. The zero-order valence-corrected chi connectivity index (χ0v) is 15.5. The lowest BCUT2D eigenvalue weighted by Crippen LogP contribution is -2.45. The molecular formula is C20H27ClN2O. The quantitative estimate of drug-likeness (QED) is 0.775. The van der Waals surface area contributed by atoms with Crippen LogP contribution in [-0.4, -0.2) is 11.4 Å². The third-order valence-corrected chi connectivity index (χ3v) is 4.05. The van der Waals surface area contributed by atoms with E-state index in [1.807, 2.05) is 36.4 Å². The summed E-state index contributed by atoms with van der Waals surface area (Å²) >= 11 is 0. The van der Waals surface area contributed by atoms with Crippen LogP contribution in [0.25, 0.3) is 0 Å². The topological polar surface area (TPSA) is 55.1 Å². The minimum Gasteiger partial charge on any atom is -0.399 e. The SMILES string of the molecule is Cc1ccccc1CC(C)(C)NC(=O)CCc1ccccc1N.Cl. The maximum absolute atomic E-state index is 12.3. The third kappa shape index (κ3) is 5.89. The van der Waals surface area contributed by atoms with Gasteiger partial charge in [0.2, 0.25) is 5.91 Å². The molecule has 3 nitrogen and oxygen atoms in total. The van der Waals surface area contributed by atoms with Crippen LogP contribution in [0.1, 0.15) is 37.0 Å². The van der Waals surface area contributed by atoms with Gasteiger partial charge in [-0.3, -0.25) is 4.79 Å². The lowest BCUT2D eigenvalue weighted by Gasteiger charge is -2.27. The van der Waals surface area contributed by atoms with Gasteiger partial charge in [-0.15, -0.1) is 12.4 Å². The first-order valence-corrected chi connectivity index (χ1v) is 8.06. The van der Waals surface area contributed by atoms with Crippen molar-refractivity contribution in [1.82, 2.24) is 5.32 Å². The molecule has 1 amide bonds. The third-order valence-electron chi connectivity index (χ3n) is 4.05. The second kappa shape index (κ2) is 8.74. The Morgan fingerprint density at radius 2 is 1.62 bits per heavy atom. The minimum absolute atomic E-state index is 0. The predicted octanol–water partition coefficient (Wildman–Crippen LogP) is 4.07. The van der Waals surface area contributed by atoms with E-state index in [2.05, 4.69) is 38.2 Å². The van der Waals surface area contributed by atoms with Crippen molar-refractivity contribution >= 4 is 24.0 Å². The molecule has 24 heavy (non-hydrogen) atoms. The monoisotopic (exact) mass is 346 g/mol. The van der Waals surface area contributed by atoms with Crippen LogP contribution in [0.15, 0.2) is 48.5 Å². The molecule has 2 aromatic carbocycles. The van der Waals surface area contributed by atoms with Crippen LogP contribution in [-0.2, 0) is 17.6 Å². The Labute approximate surface area is 151 Å². The number of aryl methyl sites for hydroxylation is 2. The molecule has 0 bridgehead atoms. The Bertz CT molecular complexity index is 683. The molecule has 0 saturated carbocycles. The number of anilines is 1. The zero-order valence-electron chi connectivity index (χ0n) is 14.6. The first-order chi connectivity index (χ1) is 10.9. The lowest BCUT2D eigenvalue weighted by atomic mass is 9.92. The van der Waals surface area contributed by atoms with Gasteiger partial charge in [-0.2, -0.15) is 0 Å². The van der Waals surface area contributed by atoms with Crippen molar-refractivity contribution in [2.24, 2.45) is 0 Å². The van der Waals surface area contributed by atoms with Crippen LogP contribution >= 0.6 is 12.4 Å². The summed E-state index contributed by atoms with van der Waals surface area (Å²) in [7, 11) is 0. The standard InChI is InChI=1S/C20H26N2O.ClH/c1-15-8-4-5-10-17(15)14-20(2,3)22-19(23)13-12-16-9-6-7-11-18(16)21;/h4-11H,12-14,21H2,1-3H3,(H,22,23);1H. The molecule has 0 heterocycles. The van der Waals surface area contributed by atoms with Crippen molar-refractivity contribution in [2.75, 3.05) is 5.73 Å². The lowest BCUT2D eigenvalue weighted by molar-refractivity contribution is -0.122. The van der Waals surface area contributed by atoms with E-state index in [0.717, 1.165) is 17.7 Å². The molecule has 0 fully saturated rings. The Hall–Kier alpha value is -2.00. The number of amides is 1. The number of carbonyl (C=O) groups excluding carboxylic acids is 1. The number of halogens is 1. The maximum Gasteiger partial charge on any atom is 0.220 e. The van der Waals surface area contributed by atoms with Crippen molar-refractivity contribution in [3.63, 3.8) is 0 Å². The summed E-state index contributed by atoms with van der Waals surface area (Å²) in [5.41, 5.74) is 9.95. The highest BCUT2D eigenvalue weighted by Crippen LogP contribution is 2.17. The molecule has 130 valence electrons. The van der Waals surface area contributed by atoms with Gasteiger partial charge in [-0.25, -0.2) is 0 Å². The van der Waals surface area contributed by atoms with Gasteiger partial charge in [-0.05, 0) is 56.4 Å². The molecule has 0 aliphatic heterocycles. The van der Waals surface area contributed by atoms with Gasteiger partial charge < -0.3 is 11.1 Å². The van der Waals surface area contributed by atoms with Crippen molar-refractivity contribution in [1.29, 1.82) is 0 Å². The first kappa shape index (κ1) is 20.0. The highest BCUT2D eigenvalue weighted by atomic mass is 35.5. The Morgan fingerprint density at radius 3 is 2.25 bits per heavy atom. The fourth-order valence-corrected chi connectivity index (χ4v) is 2.78. The number of benzene rings is 2. The van der Waals surface area contributed by atoms with Gasteiger partial charge in [0.15, 0.2) is 0 Å². The molecule has 4 heteroatoms. The summed E-state index contributed by atoms with van der Waals surface area (Å²) in [4.78, 5) is 12.3. The van der Waals surface area contributed by atoms with E-state index in [-0.39, 0.29) is 23.9 Å². The molecule has 3 N–H and O–H groups in total. The Balaban J connectivity index is 0.00000288. The second-order valence-electron chi connectivity index (χ2n) is 6.73. The number of hydrogen-bond acceptors (Lipinski definition) is 2. The zero-order chi connectivity index (χ0) is 16.9. The minimum atomic E-state index is -0.272. The second-order valence-corrected chi connectivity index (χ2v) is 6.73. The van der Waals surface area contributed by atoms with Crippen LogP contribution in [0.4, 0.5) is 5.69 Å². The van der Waals surface area contributed by atoms with E-state index < -0.39 is 0 Å². The van der Waals surface area contributed by atoms with Crippen LogP contribution in [0.2, 0.25) is 0 Å². The number of rotatable bonds is 6. The van der Waals surface area contributed by atoms with Crippen LogP contribution in [0, 0.1) is 6.92 Å². The van der Waals surface area contributed by atoms with E-state index in [9.17, 15) is 4.79 Å². The van der Waals surface area contributed by atoms with Crippen molar-refractivity contribution in [3.05, 3.63) is 65.2 Å². The Morgan fingerprint density at radius 1 is 1.04 bits per heavy atom. The summed E-state index contributed by atoms with van der Waals surface area (Å²) in [6, 6.07) is 16.0. The number of nitrogens with one attached hydrogen (secondary N) is 1. The summed E-state index contributed by atoms with van der Waals surface area (Å²) < 4.78 is 0. The van der Waals surface area contributed by atoms with Crippen LogP contribution in [0.5, 0.6) is 0 Å². The molecule has 2 aromatic rings. The highest BCUT2D eigenvalue weighted by molar-refractivity contribution is 5.85. The highest BCUT2D eigenvalue weighted by Gasteiger charge is 2.21. The number of carbonyl (C=O) groups is 1. The molecule has 0 aliphatic carbocycles. The van der Waals surface area contributed by atoms with Gasteiger partial charge >= 0.3 is 0 Å². The Kier molecular flexibility index (Phi) is 7.30. The summed E-state index contributed by atoms with van der Waals surface area (Å²) in [5.74, 6) is 0.0619. The predicted molar refractivity (Wildman–Crippen MR) is 104 cm³/mol. The fourth-order valence-electron chi connectivity index (χ4n) is 2.78. The average Bonchev–Trinajstić information content (AvgIpc) is 2.48. The number of hydrogen-bond donors (Lipinski definition) is 2. The maximum atomic E-state index is 12.3. The van der Waals surface area contributed by atoms with Gasteiger partial charge in [-0.1, -0.05) is 42.5 Å². The van der Waals surface area contributed by atoms with Crippen molar-refractivity contribution in [2.45, 2.75) is 45.6 Å². The molecule has 0 aliphatic rings. The first-order valence-electron chi connectivity index (χ1n) is 8.06. The van der Waals surface area contributed by atoms with Gasteiger partial charge in [0, 0.05) is 17.6 Å². The summed E-state index contributed by atoms with van der Waals surface area (Å²) in [6.45, 7) is 6.23. The van der Waals surface area contributed by atoms with Crippen LogP contribution in [0.3, 0.4) is 0 Å². The van der Waals surface area contributed by atoms with Crippen LogP contribution < -0.4 is 11.1 Å². The molecule has 2 rings (SSSR count). The molecule has 0 atom stereocenters. The van der Waals surface area contributed by atoms with Gasteiger partial charge in [0.1, 0.15) is 0 Å². The average molecular weight is 347 g/mol. The number of nitrogens with two attached hydrogens (primary N) is 1. The van der Waals surface area contributed by atoms with Crippen molar-refractivity contribution in [3.8, 4) is 0 Å². The van der Waals surface area contributed by atoms with Crippen molar-refractivity contribution < 1.29 is 4.79 Å². The number of para-hydroxylation sites is 1. The van der Waals surface area contributed by atoms with Gasteiger partial charge in [0.05, 0.1) is 0 Å². The van der Waals surface area contributed by atoms with E-state index in [0.29, 0.717) is 12.8 Å². The van der Waals surface area contributed by atoms with E-state index in [4.69, 9.17) is 5.73 Å². The largest absolute Gasteiger partial charge is 0.399 e. The fraction of sp³-hybridized carbons (Fsp3) is 0.350. The molecule has 0 unspecified atom stereocenters. The molecule has 0 spiro atoms. The summed E-state index contributed by atoms with van der Waals surface area (Å²) in [5, 5.41) is 3.14. The van der Waals surface area contributed by atoms with Gasteiger partial charge in [0.25, 0.3) is 0 Å². The molecule has 0 radical (unpaired) electrons. The number of nitrogen functional groups attached to an aromatic ring is 1. The molecule has 0 aromatic heterocycles. The van der Waals surface area contributed by atoms with E-state index in [1.54, 1.807) is 0 Å². The van der Waals surface area contributed by atoms with E-state index in [1.165, 1.54) is 11.1 Å². The summed E-state index contributed by atoms with van der Waals surface area (Å²) in [6.07, 6.45) is 1.93. The smallest absolute Gasteiger partial charge is 0.220 e.